The number of hydrogen-bond donors (Lipinski definition) is 1. The summed E-state index contributed by atoms with van der Waals surface area (Å²) in [5.74, 6) is 0.486. The van der Waals surface area contributed by atoms with Crippen molar-refractivity contribution in [2.24, 2.45) is 0 Å². The fourth-order valence-corrected chi connectivity index (χ4v) is 5.47. The molecular weight excluding hydrogens is 412 g/mol. The lowest BCUT2D eigenvalue weighted by molar-refractivity contribution is 0.0934. The van der Waals surface area contributed by atoms with Gasteiger partial charge in [0.25, 0.3) is 5.91 Å². The van der Waals surface area contributed by atoms with E-state index in [4.69, 9.17) is 4.74 Å². The molecule has 0 unspecified atom stereocenters. The molecule has 2 aromatic carbocycles. The summed E-state index contributed by atoms with van der Waals surface area (Å²) in [5.41, 5.74) is 2.11. The summed E-state index contributed by atoms with van der Waals surface area (Å²) in [6, 6.07) is 12.3. The van der Waals surface area contributed by atoms with E-state index in [0.29, 0.717) is 25.1 Å². The molecule has 0 radical (unpaired) electrons. The Morgan fingerprint density at radius 3 is 2.29 bits per heavy atom. The number of methoxy groups -OCH3 is 1. The first-order valence-corrected chi connectivity index (χ1v) is 12.4. The molecule has 3 rings (SSSR count). The smallest absolute Gasteiger partial charge is 0.252 e. The number of hydrogen-bond acceptors (Lipinski definition) is 4. The van der Waals surface area contributed by atoms with E-state index in [1.807, 2.05) is 38.1 Å². The second-order valence-electron chi connectivity index (χ2n) is 8.00. The molecule has 0 bridgehead atoms. The molecule has 0 aromatic heterocycles. The predicted molar refractivity (Wildman–Crippen MR) is 122 cm³/mol. The molecule has 168 valence electrons. The third-order valence-corrected chi connectivity index (χ3v) is 7.78. The number of nitrogens with one attached hydrogen (secondary N) is 1. The van der Waals surface area contributed by atoms with Gasteiger partial charge in [-0.25, -0.2) is 8.42 Å². The van der Waals surface area contributed by atoms with Crippen molar-refractivity contribution in [1.82, 2.24) is 9.62 Å². The van der Waals surface area contributed by atoms with Crippen LogP contribution in [0.25, 0.3) is 0 Å². The minimum Gasteiger partial charge on any atom is -0.497 e. The second kappa shape index (κ2) is 10.3. The summed E-state index contributed by atoms with van der Waals surface area (Å²) in [6.45, 7) is 4.90. The first-order chi connectivity index (χ1) is 14.9. The van der Waals surface area contributed by atoms with Gasteiger partial charge < -0.3 is 10.1 Å². The lowest BCUT2D eigenvalue weighted by Crippen LogP contribution is -2.32. The van der Waals surface area contributed by atoms with Gasteiger partial charge in [-0.2, -0.15) is 4.31 Å². The van der Waals surface area contributed by atoms with Crippen LogP contribution in [0.5, 0.6) is 5.75 Å². The van der Waals surface area contributed by atoms with E-state index in [0.717, 1.165) is 42.6 Å². The molecule has 1 heterocycles. The molecule has 1 amide bonds. The number of amides is 1. The van der Waals surface area contributed by atoms with Crippen LogP contribution < -0.4 is 10.1 Å². The Kier molecular flexibility index (Phi) is 7.73. The Balaban J connectivity index is 1.83. The number of carbonyl (C=O) groups is 1. The van der Waals surface area contributed by atoms with Gasteiger partial charge in [0, 0.05) is 18.7 Å². The number of aryl methyl sites for hydroxylation is 1. The lowest BCUT2D eigenvalue weighted by Gasteiger charge is -2.21. The van der Waals surface area contributed by atoms with E-state index in [2.05, 4.69) is 5.32 Å². The minimum absolute atomic E-state index is 0.177. The van der Waals surface area contributed by atoms with E-state index in [1.54, 1.807) is 23.5 Å². The van der Waals surface area contributed by atoms with Crippen LogP contribution in [0.4, 0.5) is 0 Å². The van der Waals surface area contributed by atoms with Gasteiger partial charge in [0.05, 0.1) is 18.0 Å². The third kappa shape index (κ3) is 5.46. The average molecular weight is 445 g/mol. The summed E-state index contributed by atoms with van der Waals surface area (Å²) in [6.07, 6.45) is 4.56. The quantitative estimate of drug-likeness (QED) is 0.685. The van der Waals surface area contributed by atoms with Crippen LogP contribution in [0.15, 0.2) is 47.4 Å². The van der Waals surface area contributed by atoms with Crippen LogP contribution >= 0.6 is 0 Å². The van der Waals surface area contributed by atoms with Crippen LogP contribution in [-0.2, 0) is 10.0 Å². The van der Waals surface area contributed by atoms with E-state index < -0.39 is 10.0 Å². The Morgan fingerprint density at radius 2 is 1.71 bits per heavy atom. The SMILES string of the molecule is CC[C@@H](NC(=O)c1cc(S(=O)(=O)N2CCCCCC2)ccc1C)c1ccc(OC)cc1. The maximum Gasteiger partial charge on any atom is 0.252 e. The highest BCUT2D eigenvalue weighted by atomic mass is 32.2. The standard InChI is InChI=1S/C24H32N2O4S/c1-4-23(19-10-12-20(30-3)13-11-19)25-24(27)22-17-21(14-9-18(22)2)31(28,29)26-15-7-5-6-8-16-26/h9-14,17,23H,4-8,15-16H2,1-3H3,(H,25,27)/t23-/m1/s1. The van der Waals surface area contributed by atoms with Gasteiger partial charge in [0.15, 0.2) is 0 Å². The molecule has 1 aliphatic heterocycles. The number of rotatable bonds is 7. The largest absolute Gasteiger partial charge is 0.497 e. The maximum absolute atomic E-state index is 13.2. The molecular formula is C24H32N2O4S. The summed E-state index contributed by atoms with van der Waals surface area (Å²) in [4.78, 5) is 13.3. The molecule has 1 saturated heterocycles. The van der Waals surface area contributed by atoms with E-state index >= 15 is 0 Å². The molecule has 0 spiro atoms. The first-order valence-electron chi connectivity index (χ1n) is 10.9. The topological polar surface area (TPSA) is 75.7 Å². The maximum atomic E-state index is 13.2. The van der Waals surface area contributed by atoms with Crippen molar-refractivity contribution in [3.63, 3.8) is 0 Å². The molecule has 7 heteroatoms. The van der Waals surface area contributed by atoms with Gasteiger partial charge in [-0.05, 0) is 61.6 Å². The van der Waals surface area contributed by atoms with Crippen LogP contribution in [0.2, 0.25) is 0 Å². The van der Waals surface area contributed by atoms with Crippen LogP contribution in [0.3, 0.4) is 0 Å². The van der Waals surface area contributed by atoms with Crippen LogP contribution in [0.1, 0.15) is 66.6 Å². The third-order valence-electron chi connectivity index (χ3n) is 5.89. The molecule has 6 nitrogen and oxygen atoms in total. The summed E-state index contributed by atoms with van der Waals surface area (Å²) in [7, 11) is -2.00. The highest BCUT2D eigenvalue weighted by Crippen LogP contribution is 2.24. The molecule has 2 aromatic rings. The number of benzene rings is 2. The summed E-state index contributed by atoms with van der Waals surface area (Å²) < 4.78 is 33.1. The van der Waals surface area contributed by atoms with Crippen molar-refractivity contribution in [3.05, 3.63) is 59.2 Å². The summed E-state index contributed by atoms with van der Waals surface area (Å²) >= 11 is 0. The monoisotopic (exact) mass is 444 g/mol. The fourth-order valence-electron chi connectivity index (χ4n) is 3.93. The van der Waals surface area contributed by atoms with Crippen molar-refractivity contribution >= 4 is 15.9 Å². The van der Waals surface area contributed by atoms with Gasteiger partial charge >= 0.3 is 0 Å². The molecule has 0 saturated carbocycles. The van der Waals surface area contributed by atoms with Gasteiger partial charge in [-0.15, -0.1) is 0 Å². The zero-order valence-corrected chi connectivity index (χ0v) is 19.4. The predicted octanol–water partition coefficient (Wildman–Crippen LogP) is 4.45. The normalized spacial score (nSPS) is 16.4. The highest BCUT2D eigenvalue weighted by molar-refractivity contribution is 7.89. The molecule has 1 atom stereocenters. The van der Waals surface area contributed by atoms with Crippen molar-refractivity contribution in [1.29, 1.82) is 0 Å². The Labute approximate surface area is 185 Å². The number of sulfonamides is 1. The lowest BCUT2D eigenvalue weighted by atomic mass is 10.0. The molecule has 0 aliphatic carbocycles. The average Bonchev–Trinajstić information content (AvgIpc) is 3.08. The van der Waals surface area contributed by atoms with Gasteiger partial charge in [-0.1, -0.05) is 38.0 Å². The Morgan fingerprint density at radius 1 is 1.06 bits per heavy atom. The van der Waals surface area contributed by atoms with Gasteiger partial charge in [-0.3, -0.25) is 4.79 Å². The second-order valence-corrected chi connectivity index (χ2v) is 9.94. The van der Waals surface area contributed by atoms with Crippen molar-refractivity contribution < 1.29 is 17.9 Å². The molecule has 1 fully saturated rings. The Bertz CT molecular complexity index is 995. The molecule has 1 N–H and O–H groups in total. The summed E-state index contributed by atoms with van der Waals surface area (Å²) in [5, 5.41) is 3.06. The van der Waals surface area contributed by atoms with Crippen molar-refractivity contribution in [3.8, 4) is 5.75 Å². The zero-order chi connectivity index (χ0) is 22.4. The van der Waals surface area contributed by atoms with Gasteiger partial charge in [0.2, 0.25) is 10.0 Å². The van der Waals surface area contributed by atoms with Crippen LogP contribution in [0, 0.1) is 6.92 Å². The molecule has 1 aliphatic rings. The van der Waals surface area contributed by atoms with Crippen molar-refractivity contribution in [2.75, 3.05) is 20.2 Å². The zero-order valence-electron chi connectivity index (χ0n) is 18.6. The minimum atomic E-state index is -3.61. The number of ether oxygens (including phenoxy) is 1. The highest BCUT2D eigenvalue weighted by Gasteiger charge is 2.26. The number of nitrogens with zero attached hydrogens (tertiary/aromatic N) is 1. The molecule has 31 heavy (non-hydrogen) atoms. The van der Waals surface area contributed by atoms with Crippen molar-refractivity contribution in [2.45, 2.75) is 56.9 Å². The number of carbonyl (C=O) groups excluding carboxylic acids is 1. The van der Waals surface area contributed by atoms with E-state index in [9.17, 15) is 13.2 Å². The van der Waals surface area contributed by atoms with E-state index in [1.165, 1.54) is 6.07 Å². The fraction of sp³-hybridized carbons (Fsp3) is 0.458. The van der Waals surface area contributed by atoms with Gasteiger partial charge in [0.1, 0.15) is 5.75 Å². The van der Waals surface area contributed by atoms with E-state index in [-0.39, 0.29) is 16.8 Å². The first kappa shape index (κ1) is 23.3. The van der Waals surface area contributed by atoms with Crippen LogP contribution in [-0.4, -0.2) is 38.8 Å². The Hall–Kier alpha value is -2.38.